The molecule has 0 saturated carbocycles. The molecule has 2 aliphatic heterocycles. The summed E-state index contributed by atoms with van der Waals surface area (Å²) in [5.41, 5.74) is 5.17. The van der Waals surface area contributed by atoms with Crippen molar-refractivity contribution in [1.82, 2.24) is 9.80 Å². The average Bonchev–Trinajstić information content (AvgIpc) is 2.90. The molecule has 2 unspecified atom stereocenters. The number of hydrogen-bond donors (Lipinski definition) is 1. The topological polar surface area (TPSA) is 110 Å². The molecule has 0 aromatic carbocycles. The van der Waals surface area contributed by atoms with Crippen LogP contribution in [0.3, 0.4) is 0 Å². The number of imide groups is 1. The largest absolute Gasteiger partial charge is 0.469 e. The first kappa shape index (κ1) is 25.0. The minimum Gasteiger partial charge on any atom is -0.469 e. The minimum absolute atomic E-state index is 0.0602. The monoisotopic (exact) mass is 385 g/mol. The first-order chi connectivity index (χ1) is 12.6. The second-order valence-corrected chi connectivity index (χ2v) is 6.94. The number of primary amides is 1. The molecule has 0 spiro atoms. The van der Waals surface area contributed by atoms with Crippen LogP contribution in [0.4, 0.5) is 0 Å². The fraction of sp³-hybridized carbons (Fsp3) is 0.789. The molecule has 2 rings (SSSR count). The van der Waals surface area contributed by atoms with E-state index in [0.29, 0.717) is 37.9 Å². The fourth-order valence-electron chi connectivity index (χ4n) is 2.96. The van der Waals surface area contributed by atoms with Gasteiger partial charge in [0.15, 0.2) is 0 Å². The standard InChI is InChI=1S/C9H18N2O.C5H7NO2.C5H10O2/c1-7-4-3-5-8(2)11(7)6-9(10)12;1-6-4(7)2-3-5(6)8;1-3-4-5(6)7-2/h7-8H,3-6H2,1-2H3,(H2,10,12);2-3H2,1H3;3-4H2,1-2H3. The molecule has 2 atom stereocenters. The second-order valence-electron chi connectivity index (χ2n) is 6.94. The van der Waals surface area contributed by atoms with Crippen LogP contribution in [0.2, 0.25) is 0 Å². The molecule has 8 nitrogen and oxygen atoms in total. The lowest BCUT2D eigenvalue weighted by atomic mass is 9.98. The summed E-state index contributed by atoms with van der Waals surface area (Å²) in [5.74, 6) is -0.455. The van der Waals surface area contributed by atoms with Crippen molar-refractivity contribution < 1.29 is 23.9 Å². The van der Waals surface area contributed by atoms with Crippen LogP contribution in [0.5, 0.6) is 0 Å². The number of likely N-dealkylation sites (tertiary alicyclic amines) is 2. The Bertz CT molecular complexity index is 484. The molecule has 8 heteroatoms. The van der Waals surface area contributed by atoms with Crippen molar-refractivity contribution >= 4 is 23.7 Å². The highest BCUT2D eigenvalue weighted by molar-refractivity contribution is 6.01. The summed E-state index contributed by atoms with van der Waals surface area (Å²) in [6, 6.07) is 1.03. The number of ether oxygens (including phenoxy) is 1. The van der Waals surface area contributed by atoms with Gasteiger partial charge >= 0.3 is 5.97 Å². The van der Waals surface area contributed by atoms with Gasteiger partial charge < -0.3 is 10.5 Å². The van der Waals surface area contributed by atoms with Crippen LogP contribution in [0.15, 0.2) is 0 Å². The van der Waals surface area contributed by atoms with E-state index >= 15 is 0 Å². The van der Waals surface area contributed by atoms with Crippen molar-refractivity contribution in [2.75, 3.05) is 20.7 Å². The smallest absolute Gasteiger partial charge is 0.305 e. The third-order valence-electron chi connectivity index (χ3n) is 4.70. The maximum Gasteiger partial charge on any atom is 0.305 e. The van der Waals surface area contributed by atoms with E-state index in [4.69, 9.17) is 5.73 Å². The molecule has 2 N–H and O–H groups in total. The predicted octanol–water partition coefficient (Wildman–Crippen LogP) is 1.46. The zero-order chi connectivity index (χ0) is 21.0. The summed E-state index contributed by atoms with van der Waals surface area (Å²) in [4.78, 5) is 45.3. The molecule has 2 heterocycles. The number of rotatable bonds is 4. The molecule has 0 radical (unpaired) electrons. The van der Waals surface area contributed by atoms with E-state index in [2.05, 4.69) is 23.5 Å². The Morgan fingerprint density at radius 2 is 1.59 bits per heavy atom. The lowest BCUT2D eigenvalue weighted by Crippen LogP contribution is -2.47. The number of hydrogen-bond acceptors (Lipinski definition) is 6. The van der Waals surface area contributed by atoms with Crippen LogP contribution < -0.4 is 5.73 Å². The van der Waals surface area contributed by atoms with Crippen molar-refractivity contribution in [3.8, 4) is 0 Å². The van der Waals surface area contributed by atoms with Crippen LogP contribution in [0, 0.1) is 0 Å². The van der Waals surface area contributed by atoms with Gasteiger partial charge in [0, 0.05) is 38.4 Å². The number of piperidine rings is 1. The van der Waals surface area contributed by atoms with E-state index in [1.165, 1.54) is 38.3 Å². The molecule has 0 aromatic rings. The molecule has 3 amide bonds. The number of carbonyl (C=O) groups is 4. The Morgan fingerprint density at radius 3 is 1.85 bits per heavy atom. The maximum absolute atomic E-state index is 10.7. The van der Waals surface area contributed by atoms with Crippen molar-refractivity contribution in [2.45, 2.75) is 77.8 Å². The molecular weight excluding hydrogens is 350 g/mol. The average molecular weight is 386 g/mol. The van der Waals surface area contributed by atoms with Crippen LogP contribution >= 0.6 is 0 Å². The SMILES string of the molecule is CC1CCCC(C)N1CC(N)=O.CCCC(=O)OC.CN1C(=O)CCC1=O. The van der Waals surface area contributed by atoms with Crippen molar-refractivity contribution in [2.24, 2.45) is 5.73 Å². The Labute approximate surface area is 162 Å². The van der Waals surface area contributed by atoms with Gasteiger partial charge in [-0.1, -0.05) is 13.3 Å². The van der Waals surface area contributed by atoms with Crippen LogP contribution in [-0.2, 0) is 23.9 Å². The molecule has 27 heavy (non-hydrogen) atoms. The molecule has 0 aliphatic carbocycles. The molecule has 0 aromatic heterocycles. The predicted molar refractivity (Wildman–Crippen MR) is 103 cm³/mol. The highest BCUT2D eigenvalue weighted by Gasteiger charge is 2.25. The van der Waals surface area contributed by atoms with E-state index < -0.39 is 0 Å². The van der Waals surface area contributed by atoms with Crippen molar-refractivity contribution in [3.63, 3.8) is 0 Å². The van der Waals surface area contributed by atoms with E-state index in [-0.39, 0.29) is 23.7 Å². The van der Waals surface area contributed by atoms with Crippen LogP contribution in [0.25, 0.3) is 0 Å². The molecule has 2 saturated heterocycles. The van der Waals surface area contributed by atoms with E-state index in [0.717, 1.165) is 6.42 Å². The van der Waals surface area contributed by atoms with Gasteiger partial charge in [0.2, 0.25) is 17.7 Å². The van der Waals surface area contributed by atoms with Gasteiger partial charge in [0.1, 0.15) is 0 Å². The summed E-state index contributed by atoms with van der Waals surface area (Å²) in [7, 11) is 2.91. The summed E-state index contributed by atoms with van der Waals surface area (Å²) >= 11 is 0. The highest BCUT2D eigenvalue weighted by Crippen LogP contribution is 2.21. The first-order valence-corrected chi connectivity index (χ1v) is 9.54. The van der Waals surface area contributed by atoms with Gasteiger partial charge in [-0.25, -0.2) is 0 Å². The Balaban J connectivity index is 0.000000395. The van der Waals surface area contributed by atoms with Gasteiger partial charge in [0.05, 0.1) is 13.7 Å². The normalized spacial score (nSPS) is 22.3. The first-order valence-electron chi connectivity index (χ1n) is 9.54. The van der Waals surface area contributed by atoms with Gasteiger partial charge in [-0.3, -0.25) is 29.0 Å². The Kier molecular flexibility index (Phi) is 12.3. The zero-order valence-corrected chi connectivity index (χ0v) is 17.3. The quantitative estimate of drug-likeness (QED) is 0.579. The lowest BCUT2D eigenvalue weighted by molar-refractivity contribution is -0.140. The molecule has 156 valence electrons. The number of amides is 3. The third-order valence-corrected chi connectivity index (χ3v) is 4.70. The number of carbonyl (C=O) groups excluding carboxylic acids is 4. The van der Waals surface area contributed by atoms with Gasteiger partial charge in [-0.2, -0.15) is 0 Å². The van der Waals surface area contributed by atoms with E-state index in [9.17, 15) is 19.2 Å². The minimum atomic E-state index is -0.212. The zero-order valence-electron chi connectivity index (χ0n) is 17.3. The van der Waals surface area contributed by atoms with Crippen molar-refractivity contribution in [3.05, 3.63) is 0 Å². The number of nitrogens with two attached hydrogens (primary N) is 1. The van der Waals surface area contributed by atoms with Crippen LogP contribution in [0.1, 0.15) is 65.7 Å². The summed E-state index contributed by atoms with van der Waals surface area (Å²) < 4.78 is 4.35. The number of methoxy groups -OCH3 is 1. The summed E-state index contributed by atoms with van der Waals surface area (Å²) in [5, 5.41) is 0. The lowest BCUT2D eigenvalue weighted by Gasteiger charge is -2.37. The van der Waals surface area contributed by atoms with Gasteiger partial charge in [-0.15, -0.1) is 0 Å². The summed E-state index contributed by atoms with van der Waals surface area (Å²) in [6.07, 6.45) is 5.86. The maximum atomic E-state index is 10.7. The molecule has 2 fully saturated rings. The highest BCUT2D eigenvalue weighted by atomic mass is 16.5. The number of nitrogens with zero attached hydrogens (tertiary/aromatic N) is 2. The van der Waals surface area contributed by atoms with Gasteiger partial charge in [-0.05, 0) is 33.1 Å². The third kappa shape index (κ3) is 10.1. The summed E-state index contributed by atoms with van der Waals surface area (Å²) in [6.45, 7) is 6.69. The van der Waals surface area contributed by atoms with Crippen molar-refractivity contribution in [1.29, 1.82) is 0 Å². The Hall–Kier alpha value is -1.96. The van der Waals surface area contributed by atoms with E-state index in [1.807, 2.05) is 6.92 Å². The Morgan fingerprint density at radius 1 is 1.11 bits per heavy atom. The number of esters is 1. The molecule has 2 aliphatic rings. The molecule has 0 bridgehead atoms. The van der Waals surface area contributed by atoms with Crippen LogP contribution in [-0.4, -0.2) is 66.3 Å². The van der Waals surface area contributed by atoms with E-state index in [1.54, 1.807) is 0 Å². The fourth-order valence-corrected chi connectivity index (χ4v) is 2.96. The molecular formula is C19H35N3O5. The second kappa shape index (κ2) is 13.2. The van der Waals surface area contributed by atoms with Gasteiger partial charge in [0.25, 0.3) is 0 Å².